The molecule has 2 N–H and O–H groups in total. The topological polar surface area (TPSA) is 71.3 Å². The molecule has 0 saturated heterocycles. The van der Waals surface area contributed by atoms with Crippen molar-refractivity contribution in [3.63, 3.8) is 0 Å². The molecule has 2 amide bonds. The fourth-order valence-electron chi connectivity index (χ4n) is 3.58. The number of anilines is 1. The van der Waals surface area contributed by atoms with Gasteiger partial charge in [-0.25, -0.2) is 0 Å². The number of hydrogen-bond acceptors (Lipinski definition) is 3. The van der Waals surface area contributed by atoms with E-state index in [0.717, 1.165) is 40.1 Å². The first-order valence-corrected chi connectivity index (χ1v) is 9.76. The zero-order chi connectivity index (χ0) is 19.8. The van der Waals surface area contributed by atoms with Gasteiger partial charge in [0.05, 0.1) is 12.7 Å². The predicted molar refractivity (Wildman–Crippen MR) is 113 cm³/mol. The van der Waals surface area contributed by atoms with Crippen LogP contribution in [0.3, 0.4) is 0 Å². The third kappa shape index (κ3) is 3.59. The van der Waals surface area contributed by atoms with Crippen LogP contribution in [-0.4, -0.2) is 17.9 Å². The minimum Gasteiger partial charge on any atom is -0.464 e. The van der Waals surface area contributed by atoms with E-state index in [2.05, 4.69) is 10.6 Å². The van der Waals surface area contributed by atoms with E-state index < -0.39 is 0 Å². The normalized spacial score (nSPS) is 13.5. The third-order valence-electron chi connectivity index (χ3n) is 5.23. The fourth-order valence-corrected chi connectivity index (χ4v) is 3.58. The van der Waals surface area contributed by atoms with Crippen molar-refractivity contribution >= 4 is 39.2 Å². The molecule has 0 unspecified atom stereocenters. The molecular weight excluding hydrogens is 364 g/mol. The van der Waals surface area contributed by atoms with Gasteiger partial charge in [0.2, 0.25) is 5.91 Å². The number of amides is 2. The van der Waals surface area contributed by atoms with Crippen LogP contribution in [0, 0.1) is 0 Å². The number of nitrogens with one attached hydrogen (secondary N) is 2. The molecule has 4 aromatic rings. The molecule has 0 spiro atoms. The van der Waals surface area contributed by atoms with Gasteiger partial charge >= 0.3 is 0 Å². The van der Waals surface area contributed by atoms with Crippen molar-refractivity contribution < 1.29 is 14.0 Å². The van der Waals surface area contributed by atoms with Crippen LogP contribution >= 0.6 is 0 Å². The zero-order valence-corrected chi connectivity index (χ0v) is 15.8. The van der Waals surface area contributed by atoms with Gasteiger partial charge in [-0.2, -0.15) is 0 Å². The van der Waals surface area contributed by atoms with Gasteiger partial charge in [-0.05, 0) is 53.9 Å². The molecule has 5 heteroatoms. The Morgan fingerprint density at radius 1 is 0.966 bits per heavy atom. The van der Waals surface area contributed by atoms with Crippen LogP contribution in [-0.2, 0) is 11.2 Å². The number of rotatable bonds is 5. The van der Waals surface area contributed by atoms with E-state index in [9.17, 15) is 9.59 Å². The van der Waals surface area contributed by atoms with Crippen molar-refractivity contribution in [3.8, 4) is 0 Å². The smallest absolute Gasteiger partial charge is 0.251 e. The molecular formula is C24H20N2O3. The molecule has 0 aliphatic heterocycles. The second-order valence-electron chi connectivity index (χ2n) is 7.47. The Balaban J connectivity index is 1.32. The van der Waals surface area contributed by atoms with Gasteiger partial charge in [0.1, 0.15) is 5.58 Å². The number of carbonyl (C=O) groups is 2. The summed E-state index contributed by atoms with van der Waals surface area (Å²) in [5.41, 5.74) is 2.89. The molecule has 1 heterocycles. The van der Waals surface area contributed by atoms with E-state index >= 15 is 0 Å². The highest BCUT2D eigenvalue weighted by Crippen LogP contribution is 2.30. The van der Waals surface area contributed by atoms with Gasteiger partial charge in [-0.15, -0.1) is 0 Å². The van der Waals surface area contributed by atoms with Crippen LogP contribution in [0.5, 0.6) is 0 Å². The summed E-state index contributed by atoms with van der Waals surface area (Å²) in [6.07, 6.45) is 3.97. The number of carbonyl (C=O) groups excluding carboxylic acids is 2. The van der Waals surface area contributed by atoms with Crippen LogP contribution in [0.4, 0.5) is 5.69 Å². The summed E-state index contributed by atoms with van der Waals surface area (Å²) in [5.74, 6) is -0.196. The van der Waals surface area contributed by atoms with Crippen molar-refractivity contribution in [2.24, 2.45) is 0 Å². The van der Waals surface area contributed by atoms with Gasteiger partial charge in [-0.1, -0.05) is 30.3 Å². The fraction of sp³-hybridized carbons (Fsp3) is 0.167. The Morgan fingerprint density at radius 2 is 1.76 bits per heavy atom. The first-order valence-electron chi connectivity index (χ1n) is 9.76. The zero-order valence-electron chi connectivity index (χ0n) is 15.8. The van der Waals surface area contributed by atoms with Crippen molar-refractivity contribution in [3.05, 3.63) is 78.1 Å². The van der Waals surface area contributed by atoms with Crippen LogP contribution < -0.4 is 10.6 Å². The Morgan fingerprint density at radius 3 is 2.55 bits per heavy atom. The Labute approximate surface area is 167 Å². The van der Waals surface area contributed by atoms with Gasteiger partial charge in [-0.3, -0.25) is 9.59 Å². The highest BCUT2D eigenvalue weighted by molar-refractivity contribution is 6.09. The quantitative estimate of drug-likeness (QED) is 0.526. The summed E-state index contributed by atoms with van der Waals surface area (Å²) in [4.78, 5) is 24.7. The van der Waals surface area contributed by atoms with Crippen molar-refractivity contribution in [1.29, 1.82) is 0 Å². The lowest BCUT2D eigenvalue weighted by atomic mass is 10.0. The number of benzene rings is 3. The minimum atomic E-state index is -0.129. The molecule has 1 aliphatic carbocycles. The predicted octanol–water partition coefficient (Wildman–Crippen LogP) is 4.66. The van der Waals surface area contributed by atoms with E-state index in [4.69, 9.17) is 4.42 Å². The summed E-state index contributed by atoms with van der Waals surface area (Å²) in [6.45, 7) is 0. The Hall–Kier alpha value is -3.60. The number of fused-ring (bicyclic) bond motifs is 3. The number of furan rings is 1. The van der Waals surface area contributed by atoms with Gasteiger partial charge in [0.15, 0.2) is 0 Å². The average Bonchev–Trinajstić information content (AvgIpc) is 3.46. The highest BCUT2D eigenvalue weighted by atomic mass is 16.3. The molecule has 144 valence electrons. The van der Waals surface area contributed by atoms with E-state index in [1.165, 1.54) is 0 Å². The van der Waals surface area contributed by atoms with Crippen LogP contribution in [0.2, 0.25) is 0 Å². The molecule has 1 aliphatic rings. The van der Waals surface area contributed by atoms with E-state index in [0.29, 0.717) is 17.3 Å². The second kappa shape index (κ2) is 7.09. The first kappa shape index (κ1) is 17.5. The second-order valence-corrected chi connectivity index (χ2v) is 7.47. The maximum atomic E-state index is 12.6. The van der Waals surface area contributed by atoms with Crippen molar-refractivity contribution in [2.75, 3.05) is 5.32 Å². The highest BCUT2D eigenvalue weighted by Gasteiger charge is 2.23. The summed E-state index contributed by atoms with van der Waals surface area (Å²) in [6, 6.07) is 19.3. The van der Waals surface area contributed by atoms with Gasteiger partial charge < -0.3 is 15.1 Å². The molecule has 5 rings (SSSR count). The lowest BCUT2D eigenvalue weighted by molar-refractivity contribution is -0.115. The summed E-state index contributed by atoms with van der Waals surface area (Å²) < 4.78 is 5.66. The maximum absolute atomic E-state index is 12.6. The van der Waals surface area contributed by atoms with Crippen molar-refractivity contribution in [2.45, 2.75) is 25.3 Å². The van der Waals surface area contributed by atoms with Crippen LogP contribution in [0.25, 0.3) is 21.7 Å². The van der Waals surface area contributed by atoms with E-state index in [1.807, 2.05) is 36.4 Å². The Bertz CT molecular complexity index is 1220. The molecule has 29 heavy (non-hydrogen) atoms. The molecule has 1 aromatic heterocycles. The average molecular weight is 384 g/mol. The van der Waals surface area contributed by atoms with E-state index in [1.54, 1.807) is 30.5 Å². The Kier molecular flexibility index (Phi) is 4.28. The lowest BCUT2D eigenvalue weighted by Crippen LogP contribution is -2.25. The molecule has 0 radical (unpaired) electrons. The summed E-state index contributed by atoms with van der Waals surface area (Å²) in [7, 11) is 0. The molecule has 0 bridgehead atoms. The molecule has 3 aromatic carbocycles. The summed E-state index contributed by atoms with van der Waals surface area (Å²) >= 11 is 0. The monoisotopic (exact) mass is 384 g/mol. The SMILES string of the molecule is O=C(Cc1coc2ccc3ccccc3c12)Nc1ccc(C(=O)NC2CC2)cc1. The van der Waals surface area contributed by atoms with Crippen LogP contribution in [0.15, 0.2) is 71.3 Å². The first-order chi connectivity index (χ1) is 14.2. The summed E-state index contributed by atoms with van der Waals surface area (Å²) in [5, 5.41) is 9.02. The molecule has 1 fully saturated rings. The lowest BCUT2D eigenvalue weighted by Gasteiger charge is -2.07. The van der Waals surface area contributed by atoms with Crippen molar-refractivity contribution in [1.82, 2.24) is 5.32 Å². The van der Waals surface area contributed by atoms with E-state index in [-0.39, 0.29) is 18.2 Å². The number of hydrogen-bond donors (Lipinski definition) is 2. The molecule has 5 nitrogen and oxygen atoms in total. The molecule has 1 saturated carbocycles. The maximum Gasteiger partial charge on any atom is 0.251 e. The minimum absolute atomic E-state index is 0.0675. The van der Waals surface area contributed by atoms with Gasteiger partial charge in [0, 0.05) is 28.2 Å². The van der Waals surface area contributed by atoms with Crippen LogP contribution in [0.1, 0.15) is 28.8 Å². The standard InChI is InChI=1S/C24H20N2O3/c27-22(25-18-8-5-16(6-9-18)24(28)26-19-10-11-19)13-17-14-29-21-12-7-15-3-1-2-4-20(15)23(17)21/h1-9,12,14,19H,10-11,13H2,(H,25,27)(H,26,28). The van der Waals surface area contributed by atoms with Gasteiger partial charge in [0.25, 0.3) is 5.91 Å². The third-order valence-corrected chi connectivity index (χ3v) is 5.23. The largest absolute Gasteiger partial charge is 0.464 e. The molecule has 0 atom stereocenters.